The minimum absolute atomic E-state index is 0.0180. The van der Waals surface area contributed by atoms with E-state index in [1.807, 2.05) is 0 Å². The first-order chi connectivity index (χ1) is 30.6. The number of rotatable bonds is 22. The summed E-state index contributed by atoms with van der Waals surface area (Å²) in [6.07, 6.45) is 0. The number of amides is 1. The summed E-state index contributed by atoms with van der Waals surface area (Å²) in [5.41, 5.74) is 4.88. The number of benzene rings is 5. The van der Waals surface area contributed by atoms with Crippen LogP contribution in [0.5, 0.6) is 5.75 Å². The monoisotopic (exact) mass is 1020 g/mol. The number of anilines is 2. The number of nitrogen functional groups attached to an aromatic ring is 1. The van der Waals surface area contributed by atoms with Gasteiger partial charge < -0.3 is 16.2 Å². The summed E-state index contributed by atoms with van der Waals surface area (Å²) >= 11 is 0.481. The standard InChI is InChI=1S/C33H30N6O20S6/c34-29-28-20(17-26(60-58-56-42)30(32(28)40)38-36-22-6-10-25(11-7-22)62(44,45)14-12-54-61-59-57-43)18-27(64(48,49)50)31(29)39-37-23-3-1-2-19(16-23)33(41)35-21-4-8-24(9-5-21)63(46,47)15-13-55-65(51,52)53/h1-11,16-18,40,42-43H,12-15,34H2,(H,35,41)(H,48,49,50)(H,51,52,53). The molecule has 0 aliphatic heterocycles. The number of nitrogens with one attached hydrogen (secondary N) is 1. The van der Waals surface area contributed by atoms with Gasteiger partial charge in [-0.3, -0.25) is 18.1 Å². The molecule has 1 amide bonds. The number of phenolic OH excluding ortho intramolecular Hbond substituents is 1. The molecule has 5 aromatic carbocycles. The second-order valence-electron chi connectivity index (χ2n) is 12.4. The highest BCUT2D eigenvalue weighted by molar-refractivity contribution is 7.94. The molecule has 5 rings (SSSR count). The van der Waals surface area contributed by atoms with Crippen LogP contribution in [0.1, 0.15) is 10.4 Å². The van der Waals surface area contributed by atoms with E-state index in [1.54, 1.807) is 0 Å². The summed E-state index contributed by atoms with van der Waals surface area (Å²) in [5, 5.41) is 53.4. The molecule has 0 radical (unpaired) electrons. The van der Waals surface area contributed by atoms with Gasteiger partial charge in [-0.15, -0.1) is 18.9 Å². The van der Waals surface area contributed by atoms with Gasteiger partial charge >= 0.3 is 10.4 Å². The molecule has 0 atom stereocenters. The van der Waals surface area contributed by atoms with Crippen molar-refractivity contribution in [2.75, 3.05) is 35.8 Å². The molecule has 0 bridgehead atoms. The van der Waals surface area contributed by atoms with E-state index in [1.165, 1.54) is 66.7 Å². The van der Waals surface area contributed by atoms with Gasteiger partial charge in [-0.05, 0) is 84.2 Å². The van der Waals surface area contributed by atoms with Crippen LogP contribution in [-0.4, -0.2) is 89.0 Å². The molecule has 5 aromatic rings. The van der Waals surface area contributed by atoms with Crippen LogP contribution in [0.25, 0.3) is 10.8 Å². The van der Waals surface area contributed by atoms with Crippen LogP contribution in [0.4, 0.5) is 34.1 Å². The summed E-state index contributed by atoms with van der Waals surface area (Å²) in [4.78, 5) is 11.7. The van der Waals surface area contributed by atoms with Crippen molar-refractivity contribution in [2.24, 2.45) is 20.5 Å². The van der Waals surface area contributed by atoms with E-state index in [-0.39, 0.29) is 79.1 Å². The Labute approximate surface area is 375 Å². The Kier molecular flexibility index (Phi) is 17.0. The number of fused-ring (bicyclic) bond motifs is 1. The van der Waals surface area contributed by atoms with Crippen LogP contribution in [0.15, 0.2) is 125 Å². The van der Waals surface area contributed by atoms with E-state index >= 15 is 0 Å². The summed E-state index contributed by atoms with van der Waals surface area (Å²) in [6, 6.07) is 17.1. The second kappa shape index (κ2) is 21.8. The third-order valence-corrected chi connectivity index (χ3v) is 13.9. The normalized spacial score (nSPS) is 12.7. The van der Waals surface area contributed by atoms with Crippen molar-refractivity contribution in [2.45, 2.75) is 19.6 Å². The van der Waals surface area contributed by atoms with Gasteiger partial charge in [-0.25, -0.2) is 31.5 Å². The molecule has 0 saturated heterocycles. The predicted molar refractivity (Wildman–Crippen MR) is 226 cm³/mol. The Hall–Kier alpha value is -5.27. The highest BCUT2D eigenvalue weighted by atomic mass is 32.3. The Morgan fingerprint density at radius 3 is 1.92 bits per heavy atom. The van der Waals surface area contributed by atoms with Gasteiger partial charge in [-0.2, -0.15) is 27.1 Å². The summed E-state index contributed by atoms with van der Waals surface area (Å²) in [6.45, 7) is -1.18. The lowest BCUT2D eigenvalue weighted by atomic mass is 10.1. The Morgan fingerprint density at radius 1 is 0.708 bits per heavy atom. The molecule has 26 nitrogen and oxygen atoms in total. The zero-order valence-corrected chi connectivity index (χ0v) is 37.0. The van der Waals surface area contributed by atoms with Crippen molar-refractivity contribution >= 4 is 115 Å². The van der Waals surface area contributed by atoms with E-state index in [0.29, 0.717) is 0 Å². The van der Waals surface area contributed by atoms with Gasteiger partial charge in [0.15, 0.2) is 37.7 Å². The molecule has 348 valence electrons. The fraction of sp³-hybridized carbons (Fsp3) is 0.121. The fourth-order valence-electron chi connectivity index (χ4n) is 5.31. The summed E-state index contributed by atoms with van der Waals surface area (Å²) < 4.78 is 133. The first-order valence-corrected chi connectivity index (χ1v) is 24.7. The minimum atomic E-state index is -5.13. The molecule has 65 heavy (non-hydrogen) atoms. The third kappa shape index (κ3) is 13.9. The maximum Gasteiger partial charge on any atom is 0.397 e. The van der Waals surface area contributed by atoms with Crippen molar-refractivity contribution in [3.8, 4) is 5.75 Å². The third-order valence-electron chi connectivity index (χ3n) is 8.18. The molecule has 0 saturated carbocycles. The lowest BCUT2D eigenvalue weighted by Gasteiger charge is -2.14. The SMILES string of the molecule is Nc1c(N=Nc2cccc(C(=O)Nc3ccc(S(=O)(=O)CCOS(=O)(=O)O)cc3)c2)c(S(=O)(=O)O)cc2cc(SOOO)c(N=Nc3ccc(S(=O)(=O)CCOSOOO)cc3)c(O)c12. The maximum absolute atomic E-state index is 13.1. The highest BCUT2D eigenvalue weighted by Gasteiger charge is 2.26. The number of azo groups is 2. The highest BCUT2D eigenvalue weighted by Crippen LogP contribution is 2.49. The van der Waals surface area contributed by atoms with Crippen molar-refractivity contribution in [1.29, 1.82) is 0 Å². The number of nitrogens with zero attached hydrogens (tertiary/aromatic N) is 4. The average molecular weight is 1020 g/mol. The molecule has 0 aliphatic carbocycles. The zero-order chi connectivity index (χ0) is 47.6. The van der Waals surface area contributed by atoms with Gasteiger partial charge in [0.05, 0.1) is 73.9 Å². The number of nitrogens with two attached hydrogens (primary N) is 1. The van der Waals surface area contributed by atoms with Gasteiger partial charge in [-0.1, -0.05) is 16.1 Å². The second-order valence-corrected chi connectivity index (χ2v) is 20.3. The molecular formula is C33H30N6O20S6. The Morgan fingerprint density at radius 2 is 1.31 bits per heavy atom. The lowest BCUT2D eigenvalue weighted by molar-refractivity contribution is -0.434. The van der Waals surface area contributed by atoms with Gasteiger partial charge in [0.2, 0.25) is 0 Å². The number of aromatic hydroxyl groups is 1. The minimum Gasteiger partial charge on any atom is -0.505 e. The maximum atomic E-state index is 13.1. The van der Waals surface area contributed by atoms with Gasteiger partial charge in [0, 0.05) is 11.3 Å². The Bertz CT molecular complexity index is 3070. The van der Waals surface area contributed by atoms with E-state index in [9.17, 15) is 48.1 Å². The molecule has 0 fully saturated rings. The average Bonchev–Trinajstić information content (AvgIpc) is 3.24. The number of phenols is 1. The molecule has 32 heteroatoms. The molecule has 0 spiro atoms. The molecule has 0 heterocycles. The van der Waals surface area contributed by atoms with Crippen LogP contribution >= 0.6 is 24.4 Å². The number of carbonyl (C=O) groups excluding carboxylic acids is 1. The van der Waals surface area contributed by atoms with Crippen LogP contribution in [0.2, 0.25) is 0 Å². The van der Waals surface area contributed by atoms with Crippen LogP contribution < -0.4 is 11.1 Å². The first-order valence-electron chi connectivity index (χ1n) is 17.2. The Balaban J connectivity index is 1.42. The molecular weight excluding hydrogens is 993 g/mol. The van der Waals surface area contributed by atoms with Crippen LogP contribution in [0.3, 0.4) is 0 Å². The van der Waals surface area contributed by atoms with E-state index < -0.39 is 91.9 Å². The first kappa shape index (κ1) is 50.7. The van der Waals surface area contributed by atoms with E-state index in [2.05, 4.69) is 48.7 Å². The van der Waals surface area contributed by atoms with Crippen molar-refractivity contribution in [3.63, 3.8) is 0 Å². The van der Waals surface area contributed by atoms with Crippen molar-refractivity contribution in [1.82, 2.24) is 0 Å². The zero-order valence-electron chi connectivity index (χ0n) is 32.1. The molecule has 0 aromatic heterocycles. The topological polar surface area (TPSA) is 398 Å². The van der Waals surface area contributed by atoms with Crippen molar-refractivity contribution in [3.05, 3.63) is 90.5 Å². The summed E-state index contributed by atoms with van der Waals surface area (Å²) in [7, 11) is -17.9. The fourth-order valence-corrected chi connectivity index (χ4v) is 9.38. The molecule has 0 unspecified atom stereocenters. The smallest absolute Gasteiger partial charge is 0.397 e. The molecule has 8 N–H and O–H groups in total. The predicted octanol–water partition coefficient (Wildman–Crippen LogP) is 6.25. The number of hydrogen-bond donors (Lipinski definition) is 7. The van der Waals surface area contributed by atoms with Crippen LogP contribution in [0, 0.1) is 0 Å². The number of hydrogen-bond acceptors (Lipinski definition) is 25. The van der Waals surface area contributed by atoms with E-state index in [4.69, 9.17) is 25.0 Å². The molecule has 0 aliphatic rings. The lowest BCUT2D eigenvalue weighted by Crippen LogP contribution is -2.15. The quantitative estimate of drug-likeness (QED) is 0.00765. The van der Waals surface area contributed by atoms with E-state index in [0.717, 1.165) is 18.2 Å². The number of carbonyl (C=O) groups is 1. The largest absolute Gasteiger partial charge is 0.505 e. The summed E-state index contributed by atoms with van der Waals surface area (Å²) in [5.74, 6) is -2.74. The van der Waals surface area contributed by atoms with Gasteiger partial charge in [0.25, 0.3) is 16.0 Å². The van der Waals surface area contributed by atoms with Gasteiger partial charge in [0.1, 0.15) is 16.3 Å². The van der Waals surface area contributed by atoms with Crippen molar-refractivity contribution < 1.29 is 90.3 Å². The number of sulfone groups is 2. The van der Waals surface area contributed by atoms with Crippen LogP contribution in [-0.2, 0) is 67.3 Å².